The lowest BCUT2D eigenvalue weighted by atomic mass is 10.2. The van der Waals surface area contributed by atoms with Gasteiger partial charge in [-0.25, -0.2) is 4.79 Å². The van der Waals surface area contributed by atoms with Crippen molar-refractivity contribution in [1.82, 2.24) is 20.6 Å². The summed E-state index contributed by atoms with van der Waals surface area (Å²) in [6, 6.07) is -1.19. The first-order valence-electron chi connectivity index (χ1n) is 10.2. The van der Waals surface area contributed by atoms with Crippen LogP contribution in [0.4, 0.5) is 0 Å². The molecule has 2 rings (SSSR count). The average Bonchev–Trinajstić information content (AvgIpc) is 3.20. The van der Waals surface area contributed by atoms with E-state index in [0.717, 1.165) is 11.5 Å². The van der Waals surface area contributed by atoms with E-state index in [2.05, 4.69) is 17.2 Å². The largest absolute Gasteiger partial charge is 0.355 e. The van der Waals surface area contributed by atoms with Crippen LogP contribution in [0.5, 0.6) is 0 Å². The number of amides is 3. The van der Waals surface area contributed by atoms with E-state index in [1.807, 2.05) is 18.7 Å². The summed E-state index contributed by atoms with van der Waals surface area (Å²) in [7, 11) is 0. The Bertz CT molecular complexity index is 668. The Labute approximate surface area is 166 Å². The van der Waals surface area contributed by atoms with Gasteiger partial charge in [0.1, 0.15) is 0 Å². The van der Waals surface area contributed by atoms with Gasteiger partial charge in [-0.2, -0.15) is 0 Å². The number of carbonyl (C=O) groups is 4. The van der Waals surface area contributed by atoms with Gasteiger partial charge in [-0.1, -0.05) is 6.58 Å². The molecule has 0 aromatic carbocycles. The smallest absolute Gasteiger partial charge is 0.334 e. The summed E-state index contributed by atoms with van der Waals surface area (Å²) >= 11 is 0. The molecule has 0 saturated carbocycles. The van der Waals surface area contributed by atoms with Crippen LogP contribution in [-0.4, -0.2) is 65.3 Å². The Morgan fingerprint density at radius 2 is 1.96 bits per heavy atom. The molecule has 2 saturated heterocycles. The molecular formula is C19H30N4O5. The molecule has 0 aromatic heterocycles. The molecule has 2 aliphatic rings. The first-order chi connectivity index (χ1) is 13.6. The van der Waals surface area contributed by atoms with Gasteiger partial charge >= 0.3 is 5.97 Å². The summed E-state index contributed by atoms with van der Waals surface area (Å²) < 4.78 is 8.47. The number of nitrogens with one attached hydrogen (secondary N) is 2. The Kier molecular flexibility index (Phi) is 7.41. The van der Waals surface area contributed by atoms with Crippen molar-refractivity contribution in [2.45, 2.75) is 64.4 Å². The summed E-state index contributed by atoms with van der Waals surface area (Å²) in [6.45, 7) is 8.44. The first kappa shape index (κ1) is 20.3. The van der Waals surface area contributed by atoms with Crippen molar-refractivity contribution < 1.29 is 25.4 Å². The molecule has 0 bridgehead atoms. The molecule has 0 radical (unpaired) electrons. The molecule has 9 nitrogen and oxygen atoms in total. The molecule has 1 unspecified atom stereocenters. The Morgan fingerprint density at radius 3 is 2.61 bits per heavy atom. The number of rotatable bonds is 9. The van der Waals surface area contributed by atoms with Gasteiger partial charge in [0.25, 0.3) is 5.91 Å². The van der Waals surface area contributed by atoms with E-state index >= 15 is 0 Å². The van der Waals surface area contributed by atoms with Gasteiger partial charge in [0, 0.05) is 32.0 Å². The highest BCUT2D eigenvalue weighted by atomic mass is 16.8. The summed E-state index contributed by atoms with van der Waals surface area (Å²) in [6.07, 6.45) is 1.94. The fraction of sp³-hybridized carbons (Fsp3) is 0.684. The van der Waals surface area contributed by atoms with Crippen LogP contribution in [0.2, 0.25) is 0 Å². The van der Waals surface area contributed by atoms with E-state index < -0.39 is 17.9 Å². The van der Waals surface area contributed by atoms with Crippen LogP contribution in [0.15, 0.2) is 12.3 Å². The third-order valence-corrected chi connectivity index (χ3v) is 4.67. The number of hydrogen-bond acceptors (Lipinski definition) is 6. The molecule has 2 fully saturated rings. The van der Waals surface area contributed by atoms with E-state index in [1.54, 1.807) is 0 Å². The molecule has 28 heavy (non-hydrogen) atoms. The standard InChI is InChI=1S/C19H30N4O5/c1-13(2)22-12-4-5-15(22)19(27)21-10-8-16(24)20-11-9-18(26)28-23-14(3)6-7-17(23)25/h13,15H,3-12H2,1-2H3,(H,20,24)(H,21,27)/i9+1,11+1,13+1,15D,16+1,18+1,20+1. The second-order valence-corrected chi connectivity index (χ2v) is 7.16. The number of allylic oxidation sites excluding steroid dienone is 1. The Balaban J connectivity index is 1.63. The van der Waals surface area contributed by atoms with Crippen molar-refractivity contribution in [2.24, 2.45) is 0 Å². The SMILES string of the molecule is [2H]C1(C(=O)NCC[13C](=O)[15NH][13CH2][13CH2][13C](=O)ON2C(=C)CCC2=O)CCCN1[13CH](C)C. The summed E-state index contributed by atoms with van der Waals surface area (Å²) in [4.78, 5) is 54.4. The van der Waals surface area contributed by atoms with E-state index in [0.29, 0.717) is 25.1 Å². The van der Waals surface area contributed by atoms with Crippen LogP contribution in [0, 0.1) is 0 Å². The molecule has 2 aliphatic heterocycles. The van der Waals surface area contributed by atoms with Gasteiger partial charge < -0.3 is 15.5 Å². The predicted molar refractivity (Wildman–Crippen MR) is 101 cm³/mol. The normalized spacial score (nSPS) is 23.1. The molecule has 1 atom stereocenters. The third kappa shape index (κ3) is 6.05. The van der Waals surface area contributed by atoms with Crippen LogP contribution >= 0.6 is 0 Å². The van der Waals surface area contributed by atoms with Gasteiger partial charge in [0.05, 0.1) is 19.5 Å². The highest BCUT2D eigenvalue weighted by molar-refractivity contribution is 5.83. The number of carbonyl (C=O) groups excluding carboxylic acids is 4. The molecule has 2 N–H and O–H groups in total. The fourth-order valence-corrected chi connectivity index (χ4v) is 3.19. The third-order valence-electron chi connectivity index (χ3n) is 4.67. The lowest BCUT2D eigenvalue weighted by molar-refractivity contribution is -0.186. The summed E-state index contributed by atoms with van der Waals surface area (Å²) in [5.74, 6) is -1.67. The molecule has 0 spiro atoms. The van der Waals surface area contributed by atoms with E-state index in [1.165, 1.54) is 0 Å². The average molecular weight is 401 g/mol. The lowest BCUT2D eigenvalue weighted by Crippen LogP contribution is -2.46. The van der Waals surface area contributed by atoms with Crippen molar-refractivity contribution in [2.75, 3.05) is 19.6 Å². The van der Waals surface area contributed by atoms with Crippen LogP contribution in [0.1, 0.15) is 53.7 Å². The zero-order valence-corrected chi connectivity index (χ0v) is 16.6. The van der Waals surface area contributed by atoms with Gasteiger partial charge in [-0.15, -0.1) is 5.06 Å². The summed E-state index contributed by atoms with van der Waals surface area (Å²) in [5, 5.41) is 6.13. The van der Waals surface area contributed by atoms with E-state index in [4.69, 9.17) is 6.21 Å². The molecule has 9 heteroatoms. The first-order valence-corrected chi connectivity index (χ1v) is 9.68. The molecule has 0 aromatic rings. The Morgan fingerprint density at radius 1 is 1.25 bits per heavy atom. The molecule has 2 heterocycles. The number of hydroxylamine groups is 2. The minimum atomic E-state index is -1.29. The highest BCUT2D eigenvalue weighted by Gasteiger charge is 2.32. The lowest BCUT2D eigenvalue weighted by Gasteiger charge is -2.27. The molecular weight excluding hydrogens is 370 g/mol. The number of nitrogens with zero attached hydrogens (tertiary/aromatic N) is 2. The minimum Gasteiger partial charge on any atom is -0.355 e. The van der Waals surface area contributed by atoms with Crippen molar-refractivity contribution in [3.05, 3.63) is 12.3 Å². The van der Waals surface area contributed by atoms with E-state index in [-0.39, 0.29) is 50.2 Å². The maximum absolute atomic E-state index is 12.4. The van der Waals surface area contributed by atoms with Crippen molar-refractivity contribution in [3.63, 3.8) is 0 Å². The van der Waals surface area contributed by atoms with Crippen molar-refractivity contribution in [1.29, 1.82) is 0 Å². The maximum atomic E-state index is 12.4. The number of likely N-dealkylation sites (tertiary alicyclic amines) is 1. The minimum absolute atomic E-state index is 0.0416. The monoisotopic (exact) mass is 401 g/mol. The molecule has 0 aliphatic carbocycles. The van der Waals surface area contributed by atoms with Gasteiger partial charge in [-0.05, 0) is 39.7 Å². The molecule has 156 valence electrons. The zero-order chi connectivity index (χ0) is 21.6. The van der Waals surface area contributed by atoms with Gasteiger partial charge in [-0.3, -0.25) is 19.3 Å². The van der Waals surface area contributed by atoms with Crippen LogP contribution in [0.3, 0.4) is 0 Å². The van der Waals surface area contributed by atoms with E-state index in [9.17, 15) is 19.2 Å². The maximum Gasteiger partial charge on any atom is 0.334 e. The topological polar surface area (TPSA) is 108 Å². The molecule has 3 amide bonds. The Hall–Kier alpha value is -2.42. The zero-order valence-electron chi connectivity index (χ0n) is 17.6. The van der Waals surface area contributed by atoms with Crippen molar-refractivity contribution in [3.8, 4) is 0 Å². The highest BCUT2D eigenvalue weighted by Crippen LogP contribution is 2.21. The fourth-order valence-electron chi connectivity index (χ4n) is 3.19. The second-order valence-electron chi connectivity index (χ2n) is 7.16. The van der Waals surface area contributed by atoms with Gasteiger partial charge in [0.2, 0.25) is 11.8 Å². The second kappa shape index (κ2) is 10.2. The quantitative estimate of drug-likeness (QED) is 0.429. The number of hydrogen-bond donors (Lipinski definition) is 2. The predicted octanol–water partition coefficient (Wildman–Crippen LogP) is 0.466. The van der Waals surface area contributed by atoms with Crippen LogP contribution in [-0.2, 0) is 24.0 Å². The van der Waals surface area contributed by atoms with Crippen LogP contribution < -0.4 is 10.6 Å². The van der Waals surface area contributed by atoms with Gasteiger partial charge in [0.15, 0.2) is 0 Å². The summed E-state index contributed by atoms with van der Waals surface area (Å²) in [5.41, 5.74) is 0.439. The van der Waals surface area contributed by atoms with Crippen molar-refractivity contribution >= 4 is 23.7 Å². The van der Waals surface area contributed by atoms with Crippen LogP contribution in [0.25, 0.3) is 0 Å².